The van der Waals surface area contributed by atoms with Gasteiger partial charge < -0.3 is 15.4 Å². The molecule has 0 aliphatic carbocycles. The summed E-state index contributed by atoms with van der Waals surface area (Å²) in [5.74, 6) is 2.25. The molecule has 140 valence electrons. The van der Waals surface area contributed by atoms with Gasteiger partial charge in [-0.25, -0.2) is 0 Å². The van der Waals surface area contributed by atoms with E-state index in [1.807, 2.05) is 12.1 Å². The third kappa shape index (κ3) is 6.69. The van der Waals surface area contributed by atoms with E-state index in [2.05, 4.69) is 50.5 Å². The summed E-state index contributed by atoms with van der Waals surface area (Å²) in [5, 5.41) is 6.46. The molecule has 0 saturated carbocycles. The second-order valence-electron chi connectivity index (χ2n) is 8.29. The van der Waals surface area contributed by atoms with Crippen LogP contribution in [-0.2, 0) is 10.2 Å². The Hall–Kier alpha value is -1.55. The Morgan fingerprint density at radius 2 is 2.04 bits per heavy atom. The van der Waals surface area contributed by atoms with Crippen LogP contribution in [0.25, 0.3) is 0 Å². The van der Waals surface area contributed by atoms with E-state index in [-0.39, 0.29) is 11.3 Å². The summed E-state index contributed by atoms with van der Waals surface area (Å²) in [6.45, 7) is 12.2. The van der Waals surface area contributed by atoms with Crippen molar-refractivity contribution in [3.05, 3.63) is 29.8 Å². The van der Waals surface area contributed by atoms with E-state index >= 15 is 0 Å². The van der Waals surface area contributed by atoms with Crippen molar-refractivity contribution < 1.29 is 9.53 Å². The van der Waals surface area contributed by atoms with Crippen molar-refractivity contribution in [2.75, 3.05) is 26.2 Å². The summed E-state index contributed by atoms with van der Waals surface area (Å²) in [4.78, 5) is 12.1. The van der Waals surface area contributed by atoms with Crippen LogP contribution in [0, 0.1) is 11.8 Å². The summed E-state index contributed by atoms with van der Waals surface area (Å²) in [5.41, 5.74) is 1.12. The zero-order valence-electron chi connectivity index (χ0n) is 16.2. The maximum Gasteiger partial charge on any atom is 0.220 e. The first kappa shape index (κ1) is 19.8. The molecule has 1 atom stereocenters. The zero-order valence-corrected chi connectivity index (χ0v) is 16.2. The molecular formula is C21H34N2O2. The van der Waals surface area contributed by atoms with E-state index in [1.54, 1.807) is 0 Å². The molecule has 1 aromatic carbocycles. The number of hydrogen-bond acceptors (Lipinski definition) is 3. The van der Waals surface area contributed by atoms with Crippen LogP contribution >= 0.6 is 0 Å². The molecule has 2 N–H and O–H groups in total. The molecule has 1 heterocycles. The highest BCUT2D eigenvalue weighted by molar-refractivity contribution is 5.76. The van der Waals surface area contributed by atoms with Gasteiger partial charge in [-0.2, -0.15) is 0 Å². The van der Waals surface area contributed by atoms with Crippen LogP contribution in [0.4, 0.5) is 0 Å². The maximum atomic E-state index is 12.1. The second kappa shape index (κ2) is 9.23. The van der Waals surface area contributed by atoms with Gasteiger partial charge in [-0.15, -0.1) is 0 Å². The summed E-state index contributed by atoms with van der Waals surface area (Å²) >= 11 is 0. The van der Waals surface area contributed by atoms with E-state index < -0.39 is 0 Å². The number of ether oxygens (including phenoxy) is 1. The molecule has 1 aromatic rings. The highest BCUT2D eigenvalue weighted by Crippen LogP contribution is 2.25. The number of carbonyl (C=O) groups is 1. The average molecular weight is 347 g/mol. The molecule has 1 aliphatic heterocycles. The molecule has 1 saturated heterocycles. The molecule has 1 unspecified atom stereocenters. The molecule has 4 nitrogen and oxygen atoms in total. The van der Waals surface area contributed by atoms with E-state index in [0.29, 0.717) is 24.8 Å². The molecule has 1 fully saturated rings. The quantitative estimate of drug-likeness (QED) is 0.719. The predicted molar refractivity (Wildman–Crippen MR) is 103 cm³/mol. The lowest BCUT2D eigenvalue weighted by Gasteiger charge is -2.26. The van der Waals surface area contributed by atoms with Gasteiger partial charge in [0.05, 0.1) is 6.61 Å². The lowest BCUT2D eigenvalue weighted by Crippen LogP contribution is -2.36. The van der Waals surface area contributed by atoms with E-state index in [4.69, 9.17) is 4.74 Å². The van der Waals surface area contributed by atoms with Crippen molar-refractivity contribution >= 4 is 5.91 Å². The van der Waals surface area contributed by atoms with Crippen molar-refractivity contribution in [3.8, 4) is 5.75 Å². The van der Waals surface area contributed by atoms with Gasteiger partial charge in [-0.05, 0) is 55.5 Å². The molecular weight excluding hydrogens is 312 g/mol. The molecule has 0 spiro atoms. The van der Waals surface area contributed by atoms with Crippen molar-refractivity contribution in [1.29, 1.82) is 0 Å². The first-order valence-electron chi connectivity index (χ1n) is 9.57. The fourth-order valence-corrected chi connectivity index (χ4v) is 3.07. The minimum absolute atomic E-state index is 0.0961. The smallest absolute Gasteiger partial charge is 0.220 e. The lowest BCUT2D eigenvalue weighted by atomic mass is 9.84. The van der Waals surface area contributed by atoms with Crippen molar-refractivity contribution in [2.45, 2.75) is 52.4 Å². The molecule has 1 amide bonds. The van der Waals surface area contributed by atoms with Gasteiger partial charge in [0.25, 0.3) is 0 Å². The largest absolute Gasteiger partial charge is 0.493 e. The second-order valence-corrected chi connectivity index (χ2v) is 8.29. The van der Waals surface area contributed by atoms with Crippen LogP contribution < -0.4 is 15.4 Å². The van der Waals surface area contributed by atoms with Crippen LogP contribution in [0.1, 0.15) is 52.5 Å². The number of carbonyl (C=O) groups excluding carboxylic acids is 1. The normalized spacial score (nSPS) is 17.7. The first-order chi connectivity index (χ1) is 11.9. The highest BCUT2D eigenvalue weighted by Gasteiger charge is 2.22. The third-order valence-corrected chi connectivity index (χ3v) is 4.89. The standard InChI is InChI=1S/C21H34N2O2/c1-16(2)14-25-19-8-6-18(7-9-19)21(3,4)15-23-20(24)10-5-17-11-12-22-13-17/h6-9,16-17,22H,5,10-15H2,1-4H3,(H,23,24). The number of hydrogen-bond donors (Lipinski definition) is 2. The Bertz CT molecular complexity index is 531. The van der Waals surface area contributed by atoms with Gasteiger partial charge >= 0.3 is 0 Å². The fourth-order valence-electron chi connectivity index (χ4n) is 3.07. The lowest BCUT2D eigenvalue weighted by molar-refractivity contribution is -0.121. The third-order valence-electron chi connectivity index (χ3n) is 4.89. The maximum absolute atomic E-state index is 12.1. The van der Waals surface area contributed by atoms with Crippen molar-refractivity contribution in [3.63, 3.8) is 0 Å². The summed E-state index contributed by atoms with van der Waals surface area (Å²) in [7, 11) is 0. The molecule has 0 aromatic heterocycles. The molecule has 4 heteroatoms. The van der Waals surface area contributed by atoms with Gasteiger partial charge in [0, 0.05) is 18.4 Å². The first-order valence-corrected chi connectivity index (χ1v) is 9.57. The van der Waals surface area contributed by atoms with Crippen LogP contribution in [0.5, 0.6) is 5.75 Å². The van der Waals surface area contributed by atoms with Gasteiger partial charge in [0.15, 0.2) is 0 Å². The molecule has 0 radical (unpaired) electrons. The minimum atomic E-state index is -0.0961. The zero-order chi connectivity index (χ0) is 18.3. The van der Waals surface area contributed by atoms with Crippen LogP contribution in [0.3, 0.4) is 0 Å². The average Bonchev–Trinajstić information content (AvgIpc) is 3.10. The van der Waals surface area contributed by atoms with Crippen LogP contribution in [-0.4, -0.2) is 32.1 Å². The topological polar surface area (TPSA) is 50.4 Å². The van der Waals surface area contributed by atoms with Crippen molar-refractivity contribution in [1.82, 2.24) is 10.6 Å². The SMILES string of the molecule is CC(C)COc1ccc(C(C)(C)CNC(=O)CCC2CCNC2)cc1. The predicted octanol–water partition coefficient (Wildman–Crippen LogP) is 3.50. The minimum Gasteiger partial charge on any atom is -0.493 e. The number of benzene rings is 1. The van der Waals surface area contributed by atoms with Gasteiger partial charge in [0.2, 0.25) is 5.91 Å². The summed E-state index contributed by atoms with van der Waals surface area (Å²) in [6.07, 6.45) is 2.82. The van der Waals surface area contributed by atoms with Gasteiger partial charge in [0.1, 0.15) is 5.75 Å². The van der Waals surface area contributed by atoms with Gasteiger partial charge in [-0.1, -0.05) is 39.8 Å². The number of nitrogens with one attached hydrogen (secondary N) is 2. The molecule has 2 rings (SSSR count). The fraction of sp³-hybridized carbons (Fsp3) is 0.667. The molecule has 1 aliphatic rings. The van der Waals surface area contributed by atoms with E-state index in [9.17, 15) is 4.79 Å². The Kier molecular flexibility index (Phi) is 7.30. The Morgan fingerprint density at radius 1 is 1.32 bits per heavy atom. The van der Waals surface area contributed by atoms with Crippen LogP contribution in [0.2, 0.25) is 0 Å². The molecule has 0 bridgehead atoms. The van der Waals surface area contributed by atoms with Crippen LogP contribution in [0.15, 0.2) is 24.3 Å². The Morgan fingerprint density at radius 3 is 2.64 bits per heavy atom. The van der Waals surface area contributed by atoms with Crippen molar-refractivity contribution in [2.24, 2.45) is 11.8 Å². The Labute approximate surface area is 152 Å². The van der Waals surface area contributed by atoms with Gasteiger partial charge in [-0.3, -0.25) is 4.79 Å². The number of amides is 1. The summed E-state index contributed by atoms with van der Waals surface area (Å²) < 4.78 is 5.74. The highest BCUT2D eigenvalue weighted by atomic mass is 16.5. The summed E-state index contributed by atoms with van der Waals surface area (Å²) in [6, 6.07) is 8.25. The molecule has 25 heavy (non-hydrogen) atoms. The monoisotopic (exact) mass is 346 g/mol. The Balaban J connectivity index is 1.78. The van der Waals surface area contributed by atoms with E-state index in [0.717, 1.165) is 31.9 Å². The number of rotatable bonds is 9. The van der Waals surface area contributed by atoms with E-state index in [1.165, 1.54) is 12.0 Å².